The summed E-state index contributed by atoms with van der Waals surface area (Å²) in [5.74, 6) is -1.88. The van der Waals surface area contributed by atoms with Gasteiger partial charge in [-0.2, -0.15) is 13.2 Å². The van der Waals surface area contributed by atoms with E-state index in [1.165, 1.54) is 29.2 Å². The maximum absolute atomic E-state index is 12.6. The van der Waals surface area contributed by atoms with Crippen LogP contribution < -0.4 is 5.32 Å². The van der Waals surface area contributed by atoms with Gasteiger partial charge in [0.2, 0.25) is 0 Å². The molecule has 1 aliphatic heterocycles. The molecular formula is C16H19F3N2O3. The number of benzene rings is 1. The Kier molecular flexibility index (Phi) is 5.48. The lowest BCUT2D eigenvalue weighted by Gasteiger charge is -2.18. The van der Waals surface area contributed by atoms with E-state index >= 15 is 0 Å². The lowest BCUT2D eigenvalue weighted by molar-refractivity contribution is -0.142. The van der Waals surface area contributed by atoms with Gasteiger partial charge < -0.3 is 15.3 Å². The van der Waals surface area contributed by atoms with Crippen LogP contribution in [0.4, 0.5) is 18.9 Å². The SMILES string of the molecule is CC(O)C1CCN(C(=O)C(=O)Nc2ccccc2CC(F)(F)F)C1. The molecule has 24 heavy (non-hydrogen) atoms. The van der Waals surface area contributed by atoms with Gasteiger partial charge in [-0.15, -0.1) is 0 Å². The summed E-state index contributed by atoms with van der Waals surface area (Å²) in [4.78, 5) is 25.5. The molecule has 132 valence electrons. The molecular weight excluding hydrogens is 325 g/mol. The number of nitrogens with zero attached hydrogens (tertiary/aromatic N) is 1. The average molecular weight is 344 g/mol. The highest BCUT2D eigenvalue weighted by Crippen LogP contribution is 2.26. The summed E-state index contributed by atoms with van der Waals surface area (Å²) in [7, 11) is 0. The molecule has 1 fully saturated rings. The molecule has 0 bridgehead atoms. The number of alkyl halides is 3. The molecule has 0 saturated carbocycles. The number of amides is 2. The maximum atomic E-state index is 12.6. The van der Waals surface area contributed by atoms with E-state index in [-0.39, 0.29) is 23.7 Å². The number of likely N-dealkylation sites (tertiary alicyclic amines) is 1. The van der Waals surface area contributed by atoms with Gasteiger partial charge in [-0.25, -0.2) is 0 Å². The number of anilines is 1. The molecule has 1 aromatic carbocycles. The number of aliphatic hydroxyl groups excluding tert-OH is 1. The number of aliphatic hydroxyl groups is 1. The normalized spacial score (nSPS) is 19.2. The van der Waals surface area contributed by atoms with E-state index in [4.69, 9.17) is 0 Å². The summed E-state index contributed by atoms with van der Waals surface area (Å²) in [5, 5.41) is 11.8. The van der Waals surface area contributed by atoms with Crippen molar-refractivity contribution >= 4 is 17.5 Å². The molecule has 1 aliphatic rings. The van der Waals surface area contributed by atoms with Crippen molar-refractivity contribution in [2.75, 3.05) is 18.4 Å². The summed E-state index contributed by atoms with van der Waals surface area (Å²) >= 11 is 0. The Morgan fingerprint density at radius 1 is 1.38 bits per heavy atom. The number of rotatable bonds is 3. The van der Waals surface area contributed by atoms with Crippen LogP contribution in [0.15, 0.2) is 24.3 Å². The Labute approximate surface area is 137 Å². The summed E-state index contributed by atoms with van der Waals surface area (Å²) in [5.41, 5.74) is -0.131. The monoisotopic (exact) mass is 344 g/mol. The first-order chi connectivity index (χ1) is 11.2. The van der Waals surface area contributed by atoms with Gasteiger partial charge in [0.15, 0.2) is 0 Å². The Balaban J connectivity index is 2.04. The zero-order valence-corrected chi connectivity index (χ0v) is 13.1. The number of carbonyl (C=O) groups excluding carboxylic acids is 2. The van der Waals surface area contributed by atoms with Crippen LogP contribution in [0.1, 0.15) is 18.9 Å². The van der Waals surface area contributed by atoms with E-state index in [2.05, 4.69) is 5.32 Å². The maximum Gasteiger partial charge on any atom is 0.393 e. The molecule has 1 aromatic rings. The molecule has 0 spiro atoms. The quantitative estimate of drug-likeness (QED) is 0.824. The van der Waals surface area contributed by atoms with Crippen LogP contribution in [0.5, 0.6) is 0 Å². The van der Waals surface area contributed by atoms with E-state index < -0.39 is 30.5 Å². The highest BCUT2D eigenvalue weighted by Gasteiger charge is 2.33. The topological polar surface area (TPSA) is 69.6 Å². The minimum atomic E-state index is -4.41. The second kappa shape index (κ2) is 7.21. The van der Waals surface area contributed by atoms with Crippen molar-refractivity contribution < 1.29 is 27.9 Å². The number of hydrogen-bond donors (Lipinski definition) is 2. The van der Waals surface area contributed by atoms with Crippen LogP contribution in [0.3, 0.4) is 0 Å². The first kappa shape index (κ1) is 18.3. The fourth-order valence-corrected chi connectivity index (χ4v) is 2.70. The second-order valence-corrected chi connectivity index (χ2v) is 5.94. The molecule has 1 saturated heterocycles. The van der Waals surface area contributed by atoms with E-state index in [0.29, 0.717) is 13.0 Å². The molecule has 2 atom stereocenters. The number of nitrogens with one attached hydrogen (secondary N) is 1. The predicted molar refractivity (Wildman–Crippen MR) is 81.2 cm³/mol. The van der Waals surface area contributed by atoms with Crippen molar-refractivity contribution in [2.45, 2.75) is 32.0 Å². The smallest absolute Gasteiger partial charge is 0.393 e. The zero-order valence-electron chi connectivity index (χ0n) is 13.1. The molecule has 0 aliphatic carbocycles. The van der Waals surface area contributed by atoms with E-state index in [1.807, 2.05) is 0 Å². The van der Waals surface area contributed by atoms with Gasteiger partial charge in [0.05, 0.1) is 12.5 Å². The average Bonchev–Trinajstić information content (AvgIpc) is 2.97. The lowest BCUT2D eigenvalue weighted by Crippen LogP contribution is -2.39. The van der Waals surface area contributed by atoms with Crippen LogP contribution in [-0.2, 0) is 16.0 Å². The van der Waals surface area contributed by atoms with Gasteiger partial charge in [0.1, 0.15) is 0 Å². The van der Waals surface area contributed by atoms with Gasteiger partial charge >= 0.3 is 18.0 Å². The van der Waals surface area contributed by atoms with Crippen LogP contribution in [0.2, 0.25) is 0 Å². The third-order valence-electron chi connectivity index (χ3n) is 4.04. The standard InChI is InChI=1S/C16H19F3N2O3/c1-10(22)12-6-7-21(9-12)15(24)14(23)20-13-5-3-2-4-11(13)8-16(17,18)19/h2-5,10,12,22H,6-9H2,1H3,(H,20,23). The zero-order chi connectivity index (χ0) is 17.9. The summed E-state index contributed by atoms with van der Waals surface area (Å²) < 4.78 is 37.7. The van der Waals surface area contributed by atoms with Crippen LogP contribution in [0, 0.1) is 5.92 Å². The molecule has 8 heteroatoms. The Hall–Kier alpha value is -2.09. The highest BCUT2D eigenvalue weighted by atomic mass is 19.4. The van der Waals surface area contributed by atoms with Crippen molar-refractivity contribution in [3.05, 3.63) is 29.8 Å². The summed E-state index contributed by atoms with van der Waals surface area (Å²) in [6.45, 7) is 2.21. The largest absolute Gasteiger partial charge is 0.393 e. The summed E-state index contributed by atoms with van der Waals surface area (Å²) in [6.07, 6.45) is -5.60. The van der Waals surface area contributed by atoms with Crippen molar-refractivity contribution in [3.63, 3.8) is 0 Å². The Morgan fingerprint density at radius 3 is 2.62 bits per heavy atom. The second-order valence-electron chi connectivity index (χ2n) is 5.94. The van der Waals surface area contributed by atoms with Gasteiger partial charge in [-0.05, 0) is 25.0 Å². The first-order valence-electron chi connectivity index (χ1n) is 7.60. The fraction of sp³-hybridized carbons (Fsp3) is 0.500. The van der Waals surface area contributed by atoms with Gasteiger partial charge in [0.25, 0.3) is 0 Å². The Morgan fingerprint density at radius 2 is 2.04 bits per heavy atom. The minimum Gasteiger partial charge on any atom is -0.393 e. The number of halogens is 3. The van der Waals surface area contributed by atoms with Crippen molar-refractivity contribution in [2.24, 2.45) is 5.92 Å². The Bertz CT molecular complexity index is 617. The molecule has 2 N–H and O–H groups in total. The third kappa shape index (κ3) is 4.70. The van der Waals surface area contributed by atoms with Gasteiger partial charge in [-0.3, -0.25) is 9.59 Å². The lowest BCUT2D eigenvalue weighted by atomic mass is 10.0. The van der Waals surface area contributed by atoms with E-state index in [9.17, 15) is 27.9 Å². The van der Waals surface area contributed by atoms with Crippen molar-refractivity contribution in [1.82, 2.24) is 4.90 Å². The molecule has 2 unspecified atom stereocenters. The molecule has 2 rings (SSSR count). The van der Waals surface area contributed by atoms with Crippen LogP contribution >= 0.6 is 0 Å². The number of hydrogen-bond acceptors (Lipinski definition) is 3. The molecule has 5 nitrogen and oxygen atoms in total. The van der Waals surface area contributed by atoms with Crippen LogP contribution in [-0.4, -0.2) is 47.2 Å². The molecule has 0 radical (unpaired) electrons. The van der Waals surface area contributed by atoms with Crippen LogP contribution in [0.25, 0.3) is 0 Å². The fourth-order valence-electron chi connectivity index (χ4n) is 2.70. The first-order valence-corrected chi connectivity index (χ1v) is 7.60. The minimum absolute atomic E-state index is 0.0283. The summed E-state index contributed by atoms with van der Waals surface area (Å²) in [6, 6.07) is 5.51. The van der Waals surface area contributed by atoms with Crippen molar-refractivity contribution in [1.29, 1.82) is 0 Å². The van der Waals surface area contributed by atoms with Crippen molar-refractivity contribution in [3.8, 4) is 0 Å². The number of carbonyl (C=O) groups is 2. The van der Waals surface area contributed by atoms with Gasteiger partial charge in [-0.1, -0.05) is 18.2 Å². The number of para-hydroxylation sites is 1. The molecule has 1 heterocycles. The highest BCUT2D eigenvalue weighted by molar-refractivity contribution is 6.39. The predicted octanol–water partition coefficient (Wildman–Crippen LogP) is 1.96. The van der Waals surface area contributed by atoms with Gasteiger partial charge in [0, 0.05) is 24.7 Å². The third-order valence-corrected chi connectivity index (χ3v) is 4.04. The van der Waals surface area contributed by atoms with E-state index in [1.54, 1.807) is 6.92 Å². The van der Waals surface area contributed by atoms with E-state index in [0.717, 1.165) is 0 Å². The molecule has 0 aromatic heterocycles. The molecule has 2 amide bonds.